The molecule has 0 aromatic heterocycles. The molecule has 1 heterocycles. The lowest BCUT2D eigenvalue weighted by Gasteiger charge is -2.34. The fourth-order valence-corrected chi connectivity index (χ4v) is 3.34. The molecular weight excluding hydrogens is 322 g/mol. The summed E-state index contributed by atoms with van der Waals surface area (Å²) in [5.41, 5.74) is 0.727. The van der Waals surface area contributed by atoms with Crippen molar-refractivity contribution in [3.63, 3.8) is 0 Å². The number of amides is 1. The maximum Gasteiger partial charge on any atom is 0.261 e. The van der Waals surface area contributed by atoms with Crippen molar-refractivity contribution in [3.05, 3.63) is 101 Å². The van der Waals surface area contributed by atoms with Crippen LogP contribution < -0.4 is 4.90 Å². The summed E-state index contributed by atoms with van der Waals surface area (Å²) in [6.07, 6.45) is 0. The molecule has 118 valence electrons. The molecule has 0 aliphatic carbocycles. The van der Waals surface area contributed by atoms with Crippen molar-refractivity contribution in [2.24, 2.45) is 0 Å². The van der Waals surface area contributed by atoms with Crippen molar-refractivity contribution >= 4 is 23.2 Å². The highest BCUT2D eigenvalue weighted by Crippen LogP contribution is 2.44. The minimum atomic E-state index is -1.57. The summed E-state index contributed by atoms with van der Waals surface area (Å²) in [5, 5.41) is 12.2. The number of halogens is 1. The van der Waals surface area contributed by atoms with Crippen LogP contribution in [0.5, 0.6) is 0 Å². The first-order chi connectivity index (χ1) is 11.6. The van der Waals surface area contributed by atoms with Gasteiger partial charge in [-0.15, -0.1) is 0 Å². The molecule has 4 heteroatoms. The minimum absolute atomic E-state index is 0.228. The number of carbonyl (C=O) groups excluding carboxylic acids is 1. The van der Waals surface area contributed by atoms with Crippen LogP contribution in [0.25, 0.3) is 0 Å². The Morgan fingerprint density at radius 2 is 1.46 bits per heavy atom. The quantitative estimate of drug-likeness (QED) is 0.762. The van der Waals surface area contributed by atoms with Crippen molar-refractivity contribution in [1.29, 1.82) is 0 Å². The molecule has 4 rings (SSSR count). The first kappa shape index (κ1) is 14.9. The van der Waals surface area contributed by atoms with Crippen molar-refractivity contribution in [1.82, 2.24) is 0 Å². The van der Waals surface area contributed by atoms with Gasteiger partial charge >= 0.3 is 0 Å². The van der Waals surface area contributed by atoms with E-state index in [4.69, 9.17) is 11.6 Å². The minimum Gasteiger partial charge on any atom is -0.363 e. The molecule has 1 amide bonds. The topological polar surface area (TPSA) is 40.5 Å². The van der Waals surface area contributed by atoms with Gasteiger partial charge in [0.15, 0.2) is 5.72 Å². The molecule has 1 N–H and O–H groups in total. The zero-order chi connectivity index (χ0) is 16.7. The Labute approximate surface area is 144 Å². The van der Waals surface area contributed by atoms with Gasteiger partial charge in [-0.3, -0.25) is 9.69 Å². The summed E-state index contributed by atoms with van der Waals surface area (Å²) < 4.78 is 0. The van der Waals surface area contributed by atoms with Crippen LogP contribution in [0.2, 0.25) is 5.02 Å². The Kier molecular flexibility index (Phi) is 3.41. The van der Waals surface area contributed by atoms with Gasteiger partial charge in [0, 0.05) is 27.4 Å². The molecule has 0 spiro atoms. The van der Waals surface area contributed by atoms with Crippen LogP contribution in [0.15, 0.2) is 78.9 Å². The second-order valence-electron chi connectivity index (χ2n) is 5.70. The number of carbonyl (C=O) groups is 1. The highest BCUT2D eigenvalue weighted by Gasteiger charge is 2.50. The molecular formula is C20H14ClNO2. The molecule has 3 aromatic carbocycles. The van der Waals surface area contributed by atoms with Crippen molar-refractivity contribution in [2.75, 3.05) is 4.90 Å². The van der Waals surface area contributed by atoms with Gasteiger partial charge < -0.3 is 5.11 Å². The van der Waals surface area contributed by atoms with E-state index in [1.165, 1.54) is 4.90 Å². The Balaban J connectivity index is 1.99. The van der Waals surface area contributed by atoms with Crippen molar-refractivity contribution in [2.45, 2.75) is 5.72 Å². The molecule has 0 saturated carbocycles. The Bertz CT molecular complexity index is 908. The molecule has 1 atom stereocenters. The van der Waals surface area contributed by atoms with Gasteiger partial charge in [-0.05, 0) is 30.3 Å². The van der Waals surface area contributed by atoms with E-state index in [-0.39, 0.29) is 5.91 Å². The fourth-order valence-electron chi connectivity index (χ4n) is 3.21. The monoisotopic (exact) mass is 335 g/mol. The molecule has 1 aliphatic rings. The molecule has 3 aromatic rings. The number of benzene rings is 3. The van der Waals surface area contributed by atoms with E-state index < -0.39 is 5.72 Å². The van der Waals surface area contributed by atoms with Gasteiger partial charge in [0.05, 0.1) is 0 Å². The zero-order valence-electron chi connectivity index (χ0n) is 12.7. The highest BCUT2D eigenvalue weighted by molar-refractivity contribution is 6.30. The van der Waals surface area contributed by atoms with E-state index in [2.05, 4.69) is 0 Å². The predicted molar refractivity (Wildman–Crippen MR) is 94.1 cm³/mol. The SMILES string of the molecule is O=C1c2ccccc2C(O)(c2ccc(Cl)cc2)N1c1ccccc1. The number of nitrogens with zero attached hydrogens (tertiary/aromatic N) is 1. The lowest BCUT2D eigenvalue weighted by molar-refractivity contribution is 0.0703. The van der Waals surface area contributed by atoms with Gasteiger partial charge in [0.1, 0.15) is 0 Å². The molecule has 1 aliphatic heterocycles. The second kappa shape index (κ2) is 5.48. The average molecular weight is 336 g/mol. The summed E-state index contributed by atoms with van der Waals surface area (Å²) in [4.78, 5) is 14.4. The van der Waals surface area contributed by atoms with Crippen molar-refractivity contribution in [3.8, 4) is 0 Å². The molecule has 0 saturated heterocycles. The summed E-state index contributed by atoms with van der Waals surface area (Å²) in [6, 6.07) is 23.2. The largest absolute Gasteiger partial charge is 0.363 e. The predicted octanol–water partition coefficient (Wildman–Crippen LogP) is 4.19. The van der Waals surface area contributed by atoms with Crippen LogP contribution in [0.4, 0.5) is 5.69 Å². The standard InChI is InChI=1S/C20H14ClNO2/c21-15-12-10-14(11-13-15)20(24)18-9-5-4-8-17(18)19(23)22(20)16-6-2-1-3-7-16/h1-13,24H. The summed E-state index contributed by atoms with van der Waals surface area (Å²) in [5.74, 6) is -0.228. The number of para-hydroxylation sites is 1. The van der Waals surface area contributed by atoms with Gasteiger partial charge in [-0.2, -0.15) is 0 Å². The molecule has 0 bridgehead atoms. The molecule has 24 heavy (non-hydrogen) atoms. The van der Waals surface area contributed by atoms with Crippen molar-refractivity contribution < 1.29 is 9.90 Å². The number of aliphatic hydroxyl groups is 1. The fraction of sp³-hybridized carbons (Fsp3) is 0.0500. The Morgan fingerprint density at radius 3 is 2.17 bits per heavy atom. The van der Waals surface area contributed by atoms with E-state index >= 15 is 0 Å². The third kappa shape index (κ3) is 2.06. The van der Waals surface area contributed by atoms with Crippen LogP contribution in [-0.2, 0) is 5.72 Å². The van der Waals surface area contributed by atoms with Crippen LogP contribution >= 0.6 is 11.6 Å². The van der Waals surface area contributed by atoms with Crippen LogP contribution in [0.3, 0.4) is 0 Å². The van der Waals surface area contributed by atoms with Gasteiger partial charge in [-0.1, -0.05) is 60.1 Å². The number of rotatable bonds is 2. The van der Waals surface area contributed by atoms with E-state index in [9.17, 15) is 9.90 Å². The number of hydrogen-bond donors (Lipinski definition) is 1. The van der Waals surface area contributed by atoms with Crippen LogP contribution in [0, 0.1) is 0 Å². The smallest absolute Gasteiger partial charge is 0.261 e. The Hall–Kier alpha value is -2.62. The average Bonchev–Trinajstić information content (AvgIpc) is 2.85. The molecule has 3 nitrogen and oxygen atoms in total. The first-order valence-corrected chi connectivity index (χ1v) is 7.97. The normalized spacial score (nSPS) is 19.4. The number of fused-ring (bicyclic) bond motifs is 1. The zero-order valence-corrected chi connectivity index (χ0v) is 13.4. The third-order valence-corrected chi connectivity index (χ3v) is 4.57. The van der Waals surface area contributed by atoms with Gasteiger partial charge in [0.25, 0.3) is 5.91 Å². The number of anilines is 1. The van der Waals surface area contributed by atoms with E-state index in [1.807, 2.05) is 36.4 Å². The lowest BCUT2D eigenvalue weighted by Crippen LogP contribution is -2.45. The van der Waals surface area contributed by atoms with Crippen LogP contribution in [-0.4, -0.2) is 11.0 Å². The lowest BCUT2D eigenvalue weighted by atomic mass is 9.93. The van der Waals surface area contributed by atoms with E-state index in [0.717, 1.165) is 0 Å². The Morgan fingerprint density at radius 1 is 0.833 bits per heavy atom. The number of hydrogen-bond acceptors (Lipinski definition) is 2. The molecule has 1 unspecified atom stereocenters. The highest BCUT2D eigenvalue weighted by atomic mass is 35.5. The summed E-state index contributed by atoms with van der Waals surface area (Å²) >= 11 is 5.98. The second-order valence-corrected chi connectivity index (χ2v) is 6.14. The molecule has 0 fully saturated rings. The van der Waals surface area contributed by atoms with Gasteiger partial charge in [-0.25, -0.2) is 0 Å². The molecule has 0 radical (unpaired) electrons. The van der Waals surface area contributed by atoms with E-state index in [0.29, 0.717) is 27.4 Å². The van der Waals surface area contributed by atoms with E-state index in [1.54, 1.807) is 42.5 Å². The van der Waals surface area contributed by atoms with Gasteiger partial charge in [0.2, 0.25) is 0 Å². The first-order valence-electron chi connectivity index (χ1n) is 7.60. The summed E-state index contributed by atoms with van der Waals surface area (Å²) in [6.45, 7) is 0. The maximum absolute atomic E-state index is 13.0. The van der Waals surface area contributed by atoms with Crippen LogP contribution in [0.1, 0.15) is 21.5 Å². The summed E-state index contributed by atoms with van der Waals surface area (Å²) in [7, 11) is 0. The third-order valence-electron chi connectivity index (χ3n) is 4.32. The maximum atomic E-state index is 13.0.